The topological polar surface area (TPSA) is 56.1 Å². The highest BCUT2D eigenvalue weighted by atomic mass is 35.5. The average molecular weight is 312 g/mol. The van der Waals surface area contributed by atoms with E-state index in [9.17, 15) is 4.79 Å². The molecule has 1 aliphatic heterocycles. The molecule has 20 heavy (non-hydrogen) atoms. The van der Waals surface area contributed by atoms with E-state index in [0.717, 1.165) is 18.4 Å². The highest BCUT2D eigenvalue weighted by molar-refractivity contribution is 6.38. The Kier molecular flexibility index (Phi) is 4.74. The maximum absolute atomic E-state index is 12.2. The molecule has 0 spiro atoms. The molecule has 0 aliphatic carbocycles. The number of likely N-dealkylation sites (tertiary alicyclic amines) is 1. The number of carbonyl (C=O) groups excluding carboxylic acids is 1. The Morgan fingerprint density at radius 2 is 2.25 bits per heavy atom. The van der Waals surface area contributed by atoms with Gasteiger partial charge in [0.25, 0.3) is 0 Å². The van der Waals surface area contributed by atoms with Gasteiger partial charge in [-0.2, -0.15) is 5.26 Å². The minimum Gasteiger partial charge on any atom is -0.323 e. The summed E-state index contributed by atoms with van der Waals surface area (Å²) in [4.78, 5) is 13.8. The molecule has 2 amide bonds. The van der Waals surface area contributed by atoms with Crippen LogP contribution in [0, 0.1) is 24.2 Å². The number of hydrogen-bond donors (Lipinski definition) is 1. The van der Waals surface area contributed by atoms with Gasteiger partial charge >= 0.3 is 6.03 Å². The summed E-state index contributed by atoms with van der Waals surface area (Å²) in [6.45, 7) is 2.92. The lowest BCUT2D eigenvalue weighted by atomic mass is 10.0. The normalized spacial score (nSPS) is 18.5. The van der Waals surface area contributed by atoms with Crippen LogP contribution in [0.3, 0.4) is 0 Å². The molecule has 1 aromatic carbocycles. The van der Waals surface area contributed by atoms with Crippen molar-refractivity contribution < 1.29 is 4.79 Å². The molecule has 106 valence electrons. The van der Waals surface area contributed by atoms with Crippen LogP contribution in [-0.2, 0) is 0 Å². The van der Waals surface area contributed by atoms with Crippen molar-refractivity contribution >= 4 is 34.9 Å². The van der Waals surface area contributed by atoms with E-state index in [0.29, 0.717) is 28.8 Å². The zero-order chi connectivity index (χ0) is 14.7. The molecule has 0 bridgehead atoms. The third-order valence-electron chi connectivity index (χ3n) is 3.45. The first-order valence-corrected chi connectivity index (χ1v) is 7.18. The fraction of sp³-hybridized carbons (Fsp3) is 0.429. The Balaban J connectivity index is 2.09. The largest absolute Gasteiger partial charge is 0.323 e. The number of anilines is 1. The monoisotopic (exact) mass is 311 g/mol. The second kappa shape index (κ2) is 6.34. The van der Waals surface area contributed by atoms with E-state index < -0.39 is 0 Å². The van der Waals surface area contributed by atoms with Crippen molar-refractivity contribution in [3.8, 4) is 6.07 Å². The van der Waals surface area contributed by atoms with Gasteiger partial charge in [0.05, 0.1) is 22.7 Å². The van der Waals surface area contributed by atoms with Gasteiger partial charge in [-0.25, -0.2) is 4.79 Å². The predicted octanol–water partition coefficient (Wildman–Crippen LogP) is 4.07. The second-order valence-corrected chi connectivity index (χ2v) is 5.66. The third-order valence-corrected chi connectivity index (χ3v) is 4.35. The lowest BCUT2D eigenvalue weighted by molar-refractivity contribution is 0.189. The Morgan fingerprint density at radius 3 is 2.95 bits per heavy atom. The van der Waals surface area contributed by atoms with E-state index in [1.807, 2.05) is 0 Å². The van der Waals surface area contributed by atoms with Crippen molar-refractivity contribution in [2.45, 2.75) is 19.8 Å². The van der Waals surface area contributed by atoms with Gasteiger partial charge in [0, 0.05) is 18.1 Å². The van der Waals surface area contributed by atoms with Crippen LogP contribution in [-0.4, -0.2) is 24.0 Å². The van der Waals surface area contributed by atoms with Crippen LogP contribution < -0.4 is 5.32 Å². The zero-order valence-corrected chi connectivity index (χ0v) is 12.6. The Labute approximate surface area is 128 Å². The van der Waals surface area contributed by atoms with Crippen molar-refractivity contribution in [1.29, 1.82) is 5.26 Å². The van der Waals surface area contributed by atoms with E-state index in [-0.39, 0.29) is 11.9 Å². The Hall–Kier alpha value is -1.44. The molecule has 1 aliphatic rings. The standard InChI is InChI=1S/C14H15Cl2N3O/c1-9-11(15)4-5-12(13(9)16)18-14(20)19-6-2-3-10(7-17)8-19/h4-5,10H,2-3,6,8H2,1H3,(H,18,20)/t10-/m0/s1. The lowest BCUT2D eigenvalue weighted by Gasteiger charge is -2.29. The molecule has 0 saturated carbocycles. The molecular weight excluding hydrogens is 297 g/mol. The average Bonchev–Trinajstić information content (AvgIpc) is 2.48. The van der Waals surface area contributed by atoms with E-state index in [1.165, 1.54) is 0 Å². The number of nitrogens with zero attached hydrogens (tertiary/aromatic N) is 2. The summed E-state index contributed by atoms with van der Waals surface area (Å²) < 4.78 is 0. The predicted molar refractivity (Wildman–Crippen MR) is 80.1 cm³/mol. The van der Waals surface area contributed by atoms with E-state index in [4.69, 9.17) is 28.5 Å². The van der Waals surface area contributed by atoms with Gasteiger partial charge in [-0.3, -0.25) is 0 Å². The highest BCUT2D eigenvalue weighted by Gasteiger charge is 2.24. The van der Waals surface area contributed by atoms with Crippen molar-refractivity contribution in [1.82, 2.24) is 4.90 Å². The van der Waals surface area contributed by atoms with Crippen LogP contribution in [0.2, 0.25) is 10.0 Å². The number of nitrogens with one attached hydrogen (secondary N) is 1. The SMILES string of the molecule is Cc1c(Cl)ccc(NC(=O)N2CCC[C@@H](C#N)C2)c1Cl. The van der Waals surface area contributed by atoms with E-state index in [1.54, 1.807) is 24.0 Å². The number of halogens is 2. The number of rotatable bonds is 1. The molecule has 1 N–H and O–H groups in total. The first kappa shape index (κ1) is 15.0. The van der Waals surface area contributed by atoms with Crippen molar-refractivity contribution in [3.63, 3.8) is 0 Å². The minimum absolute atomic E-state index is 0.0862. The minimum atomic E-state index is -0.228. The summed E-state index contributed by atoms with van der Waals surface area (Å²) in [5, 5.41) is 12.7. The molecule has 0 aromatic heterocycles. The third kappa shape index (κ3) is 3.17. The number of urea groups is 1. The number of nitriles is 1. The van der Waals surface area contributed by atoms with Crippen LogP contribution in [0.1, 0.15) is 18.4 Å². The number of hydrogen-bond acceptors (Lipinski definition) is 2. The molecule has 6 heteroatoms. The molecule has 1 atom stereocenters. The molecule has 4 nitrogen and oxygen atoms in total. The lowest BCUT2D eigenvalue weighted by Crippen LogP contribution is -2.42. The molecule has 2 rings (SSSR count). The maximum Gasteiger partial charge on any atom is 0.321 e. The summed E-state index contributed by atoms with van der Waals surface area (Å²) in [7, 11) is 0. The fourth-order valence-electron chi connectivity index (χ4n) is 2.22. The molecule has 0 unspecified atom stereocenters. The van der Waals surface area contributed by atoms with Crippen LogP contribution in [0.25, 0.3) is 0 Å². The Morgan fingerprint density at radius 1 is 1.50 bits per heavy atom. The summed E-state index contributed by atoms with van der Waals surface area (Å²) >= 11 is 12.1. The molecule has 1 fully saturated rings. The molecule has 1 saturated heterocycles. The van der Waals surface area contributed by atoms with Gasteiger partial charge in [-0.05, 0) is 37.5 Å². The molecule has 1 aromatic rings. The van der Waals surface area contributed by atoms with Gasteiger partial charge in [-0.15, -0.1) is 0 Å². The summed E-state index contributed by atoms with van der Waals surface area (Å²) in [5.74, 6) is -0.0862. The maximum atomic E-state index is 12.2. The van der Waals surface area contributed by atoms with E-state index in [2.05, 4.69) is 11.4 Å². The van der Waals surface area contributed by atoms with Gasteiger partial charge < -0.3 is 10.2 Å². The summed E-state index contributed by atoms with van der Waals surface area (Å²) in [5.41, 5.74) is 1.28. The van der Waals surface area contributed by atoms with Gasteiger partial charge in [0.15, 0.2) is 0 Å². The van der Waals surface area contributed by atoms with Gasteiger partial charge in [0.1, 0.15) is 0 Å². The van der Waals surface area contributed by atoms with Crippen LogP contribution in [0.15, 0.2) is 12.1 Å². The van der Waals surface area contributed by atoms with Gasteiger partial charge in [0.2, 0.25) is 0 Å². The molecular formula is C14H15Cl2N3O. The number of benzene rings is 1. The van der Waals surface area contributed by atoms with Gasteiger partial charge in [-0.1, -0.05) is 23.2 Å². The first-order chi connectivity index (χ1) is 9.52. The number of amides is 2. The highest BCUT2D eigenvalue weighted by Crippen LogP contribution is 2.31. The van der Waals surface area contributed by atoms with Crippen LogP contribution in [0.4, 0.5) is 10.5 Å². The van der Waals surface area contributed by atoms with Crippen LogP contribution >= 0.6 is 23.2 Å². The smallest absolute Gasteiger partial charge is 0.321 e. The quantitative estimate of drug-likeness (QED) is 0.850. The molecule has 0 radical (unpaired) electrons. The van der Waals surface area contributed by atoms with E-state index >= 15 is 0 Å². The van der Waals surface area contributed by atoms with Crippen molar-refractivity contribution in [3.05, 3.63) is 27.7 Å². The zero-order valence-electron chi connectivity index (χ0n) is 11.1. The second-order valence-electron chi connectivity index (χ2n) is 4.88. The first-order valence-electron chi connectivity index (χ1n) is 6.43. The number of carbonyl (C=O) groups is 1. The molecule has 1 heterocycles. The summed E-state index contributed by atoms with van der Waals surface area (Å²) in [6.07, 6.45) is 1.69. The Bertz CT molecular complexity index is 568. The van der Waals surface area contributed by atoms with Crippen molar-refractivity contribution in [2.75, 3.05) is 18.4 Å². The van der Waals surface area contributed by atoms with Crippen LogP contribution in [0.5, 0.6) is 0 Å². The fourth-order valence-corrected chi connectivity index (χ4v) is 2.64. The number of piperidine rings is 1. The summed E-state index contributed by atoms with van der Waals surface area (Å²) in [6, 6.07) is 5.37. The van der Waals surface area contributed by atoms with Crippen molar-refractivity contribution in [2.24, 2.45) is 5.92 Å².